The Bertz CT molecular complexity index is 529. The van der Waals surface area contributed by atoms with E-state index in [1.807, 2.05) is 37.4 Å². The van der Waals surface area contributed by atoms with Gasteiger partial charge in [-0.25, -0.2) is 0 Å². The third-order valence-corrected chi connectivity index (χ3v) is 2.97. The molecule has 1 aromatic carbocycles. The Balaban J connectivity index is 2.15. The first-order valence-corrected chi connectivity index (χ1v) is 6.06. The highest BCUT2D eigenvalue weighted by molar-refractivity contribution is 5.47. The summed E-state index contributed by atoms with van der Waals surface area (Å²) in [7, 11) is 5.33. The molecule has 0 spiro atoms. The number of aromatic nitrogens is 1. The standard InChI is InChI=1S/C15H18N2O2/c1-17(13-6-8-16-9-7-13)11-12-4-5-14(18-2)15(10-12)19-3/h4-10H,11H2,1-3H3. The second-order valence-corrected chi connectivity index (χ2v) is 4.25. The van der Waals surface area contributed by atoms with Crippen LogP contribution in [0.5, 0.6) is 11.5 Å². The van der Waals surface area contributed by atoms with Gasteiger partial charge in [-0.3, -0.25) is 4.98 Å². The van der Waals surface area contributed by atoms with E-state index < -0.39 is 0 Å². The highest BCUT2D eigenvalue weighted by atomic mass is 16.5. The average molecular weight is 258 g/mol. The molecule has 0 aliphatic heterocycles. The number of hydrogen-bond acceptors (Lipinski definition) is 4. The van der Waals surface area contributed by atoms with E-state index in [1.165, 1.54) is 0 Å². The molecule has 0 amide bonds. The van der Waals surface area contributed by atoms with Crippen molar-refractivity contribution in [2.45, 2.75) is 6.54 Å². The number of rotatable bonds is 5. The first kappa shape index (κ1) is 13.2. The molecule has 0 aliphatic rings. The lowest BCUT2D eigenvalue weighted by Crippen LogP contribution is -2.16. The quantitative estimate of drug-likeness (QED) is 0.826. The number of benzene rings is 1. The van der Waals surface area contributed by atoms with Gasteiger partial charge in [0.05, 0.1) is 14.2 Å². The van der Waals surface area contributed by atoms with Crippen LogP contribution in [0.15, 0.2) is 42.7 Å². The predicted molar refractivity (Wildman–Crippen MR) is 75.9 cm³/mol. The molecule has 0 unspecified atom stereocenters. The van der Waals surface area contributed by atoms with Crippen molar-refractivity contribution in [2.24, 2.45) is 0 Å². The third-order valence-electron chi connectivity index (χ3n) is 2.97. The molecule has 4 nitrogen and oxygen atoms in total. The summed E-state index contributed by atoms with van der Waals surface area (Å²) in [6.45, 7) is 0.796. The van der Waals surface area contributed by atoms with Gasteiger partial charge in [-0.15, -0.1) is 0 Å². The van der Waals surface area contributed by atoms with E-state index in [2.05, 4.69) is 9.88 Å². The van der Waals surface area contributed by atoms with Gasteiger partial charge in [-0.2, -0.15) is 0 Å². The first-order chi connectivity index (χ1) is 9.24. The third kappa shape index (κ3) is 3.16. The minimum absolute atomic E-state index is 0.748. The van der Waals surface area contributed by atoms with Crippen LogP contribution in [-0.4, -0.2) is 26.3 Å². The maximum atomic E-state index is 5.31. The molecule has 4 heteroatoms. The summed E-state index contributed by atoms with van der Waals surface area (Å²) in [5.74, 6) is 1.50. The van der Waals surface area contributed by atoms with Gasteiger partial charge in [0.15, 0.2) is 11.5 Å². The number of anilines is 1. The van der Waals surface area contributed by atoms with Crippen LogP contribution in [-0.2, 0) is 6.54 Å². The van der Waals surface area contributed by atoms with Gasteiger partial charge in [0.1, 0.15) is 0 Å². The van der Waals surface area contributed by atoms with Crippen LogP contribution in [0, 0.1) is 0 Å². The van der Waals surface area contributed by atoms with E-state index in [1.54, 1.807) is 26.6 Å². The molecule has 0 radical (unpaired) electrons. The molecule has 1 heterocycles. The van der Waals surface area contributed by atoms with Crippen LogP contribution in [0.3, 0.4) is 0 Å². The topological polar surface area (TPSA) is 34.6 Å². The van der Waals surface area contributed by atoms with Crippen molar-refractivity contribution in [3.05, 3.63) is 48.3 Å². The zero-order valence-corrected chi connectivity index (χ0v) is 11.5. The van der Waals surface area contributed by atoms with E-state index in [0.29, 0.717) is 0 Å². The Morgan fingerprint density at radius 3 is 2.32 bits per heavy atom. The highest BCUT2D eigenvalue weighted by Crippen LogP contribution is 2.28. The van der Waals surface area contributed by atoms with Crippen LogP contribution in [0.1, 0.15) is 5.56 Å². The van der Waals surface area contributed by atoms with Crippen molar-refractivity contribution < 1.29 is 9.47 Å². The maximum Gasteiger partial charge on any atom is 0.161 e. The van der Waals surface area contributed by atoms with Gasteiger partial charge in [0.2, 0.25) is 0 Å². The zero-order valence-electron chi connectivity index (χ0n) is 11.5. The minimum Gasteiger partial charge on any atom is -0.493 e. The number of ether oxygens (including phenoxy) is 2. The zero-order chi connectivity index (χ0) is 13.7. The summed E-state index contributed by atoms with van der Waals surface area (Å²) in [6.07, 6.45) is 3.58. The molecule has 0 saturated carbocycles. The van der Waals surface area contributed by atoms with Crippen LogP contribution >= 0.6 is 0 Å². The molecule has 0 N–H and O–H groups in total. The van der Waals surface area contributed by atoms with Crippen LogP contribution in [0.25, 0.3) is 0 Å². The molecule has 0 fully saturated rings. The van der Waals surface area contributed by atoms with Crippen LogP contribution < -0.4 is 14.4 Å². The van der Waals surface area contributed by atoms with Gasteiger partial charge in [0.25, 0.3) is 0 Å². The number of methoxy groups -OCH3 is 2. The van der Waals surface area contributed by atoms with Crippen molar-refractivity contribution in [1.29, 1.82) is 0 Å². The highest BCUT2D eigenvalue weighted by Gasteiger charge is 2.07. The Labute approximate surface area is 113 Å². The SMILES string of the molecule is COc1ccc(CN(C)c2ccncc2)cc1OC. The van der Waals surface area contributed by atoms with Crippen molar-refractivity contribution in [3.63, 3.8) is 0 Å². The number of pyridine rings is 1. The molecule has 0 saturated heterocycles. The van der Waals surface area contributed by atoms with Crippen molar-refractivity contribution >= 4 is 5.69 Å². The Morgan fingerprint density at radius 2 is 1.68 bits per heavy atom. The fourth-order valence-electron chi connectivity index (χ4n) is 1.94. The van der Waals surface area contributed by atoms with E-state index in [9.17, 15) is 0 Å². The summed E-state index contributed by atoms with van der Waals surface area (Å²) in [5.41, 5.74) is 2.29. The lowest BCUT2D eigenvalue weighted by molar-refractivity contribution is 0.354. The van der Waals surface area contributed by atoms with E-state index >= 15 is 0 Å². The summed E-state index contributed by atoms with van der Waals surface area (Å²) < 4.78 is 10.5. The number of nitrogens with zero attached hydrogens (tertiary/aromatic N) is 2. The maximum absolute atomic E-state index is 5.31. The van der Waals surface area contributed by atoms with E-state index in [4.69, 9.17) is 9.47 Å². The second-order valence-electron chi connectivity index (χ2n) is 4.25. The molecule has 2 rings (SSSR count). The van der Waals surface area contributed by atoms with Crippen molar-refractivity contribution in [3.8, 4) is 11.5 Å². The summed E-state index contributed by atoms with van der Waals surface area (Å²) in [6, 6.07) is 9.94. The summed E-state index contributed by atoms with van der Waals surface area (Å²) >= 11 is 0. The summed E-state index contributed by atoms with van der Waals surface area (Å²) in [5, 5.41) is 0. The largest absolute Gasteiger partial charge is 0.493 e. The Morgan fingerprint density at radius 1 is 1.00 bits per heavy atom. The molecule has 0 atom stereocenters. The van der Waals surface area contributed by atoms with Gasteiger partial charge in [-0.1, -0.05) is 6.07 Å². The lowest BCUT2D eigenvalue weighted by atomic mass is 10.2. The molecule has 19 heavy (non-hydrogen) atoms. The molecular formula is C15H18N2O2. The van der Waals surface area contributed by atoms with Crippen LogP contribution in [0.2, 0.25) is 0 Å². The molecule has 0 aliphatic carbocycles. The smallest absolute Gasteiger partial charge is 0.161 e. The van der Waals surface area contributed by atoms with Gasteiger partial charge >= 0.3 is 0 Å². The van der Waals surface area contributed by atoms with Crippen molar-refractivity contribution in [1.82, 2.24) is 4.98 Å². The molecule has 100 valence electrons. The van der Waals surface area contributed by atoms with Gasteiger partial charge in [-0.05, 0) is 29.8 Å². The monoisotopic (exact) mass is 258 g/mol. The Kier molecular flexibility index (Phi) is 4.23. The van der Waals surface area contributed by atoms with Gasteiger partial charge in [0, 0.05) is 31.7 Å². The first-order valence-electron chi connectivity index (χ1n) is 6.06. The van der Waals surface area contributed by atoms with Gasteiger partial charge < -0.3 is 14.4 Å². The fraction of sp³-hybridized carbons (Fsp3) is 0.267. The van der Waals surface area contributed by atoms with Crippen molar-refractivity contribution in [2.75, 3.05) is 26.2 Å². The summed E-state index contributed by atoms with van der Waals surface area (Å²) in [4.78, 5) is 6.18. The number of hydrogen-bond donors (Lipinski definition) is 0. The lowest BCUT2D eigenvalue weighted by Gasteiger charge is -2.19. The second kappa shape index (κ2) is 6.09. The average Bonchev–Trinajstić information content (AvgIpc) is 2.48. The Hall–Kier alpha value is -2.23. The van der Waals surface area contributed by atoms with E-state index in [-0.39, 0.29) is 0 Å². The normalized spacial score (nSPS) is 10.1. The minimum atomic E-state index is 0.748. The predicted octanol–water partition coefficient (Wildman–Crippen LogP) is 2.74. The molecular weight excluding hydrogens is 240 g/mol. The molecule has 0 bridgehead atoms. The molecule has 1 aromatic heterocycles. The van der Waals surface area contributed by atoms with E-state index in [0.717, 1.165) is 29.3 Å². The fourth-order valence-corrected chi connectivity index (χ4v) is 1.94. The van der Waals surface area contributed by atoms with Crippen LogP contribution in [0.4, 0.5) is 5.69 Å². The molecule has 2 aromatic rings.